The molecule has 0 spiro atoms. The van der Waals surface area contributed by atoms with E-state index >= 15 is 0 Å². The Bertz CT molecular complexity index is 970. The molecule has 0 aliphatic rings. The summed E-state index contributed by atoms with van der Waals surface area (Å²) in [4.78, 5) is 5.56. The summed E-state index contributed by atoms with van der Waals surface area (Å²) in [6.07, 6.45) is 1.69. The van der Waals surface area contributed by atoms with Crippen LogP contribution in [0, 0.1) is 13.8 Å². The largest absolute Gasteiger partial charge is 0.444 e. The number of hydrogen-bond donors (Lipinski definition) is 0. The van der Waals surface area contributed by atoms with Gasteiger partial charge in [-0.05, 0) is 46.8 Å². The minimum atomic E-state index is 0.639. The molecule has 0 aliphatic heterocycles. The van der Waals surface area contributed by atoms with E-state index in [-0.39, 0.29) is 0 Å². The van der Waals surface area contributed by atoms with Crippen molar-refractivity contribution in [2.24, 2.45) is 0 Å². The summed E-state index contributed by atoms with van der Waals surface area (Å²) < 4.78 is 7.35. The lowest BCUT2D eigenvalue weighted by molar-refractivity contribution is 0.575. The van der Waals surface area contributed by atoms with Gasteiger partial charge in [-0.1, -0.05) is 36.0 Å². The predicted molar refractivity (Wildman–Crippen MR) is 98.0 cm³/mol. The van der Waals surface area contributed by atoms with E-state index in [2.05, 4.69) is 46.5 Å². The maximum absolute atomic E-state index is 5.56. The lowest BCUT2D eigenvalue weighted by Crippen LogP contribution is -2.04. The smallest absolute Gasteiger partial charge is 0.236 e. The monoisotopic (exact) mass is 369 g/mol. The van der Waals surface area contributed by atoms with Crippen LogP contribution in [0.1, 0.15) is 16.8 Å². The Hall–Kier alpha value is -2.45. The molecule has 1 aromatic carbocycles. The third-order valence-corrected chi connectivity index (χ3v) is 5.54. The lowest BCUT2D eigenvalue weighted by atomic mass is 10.1. The van der Waals surface area contributed by atoms with Crippen LogP contribution in [0.2, 0.25) is 0 Å². The Morgan fingerprint density at radius 2 is 2.00 bits per heavy atom. The van der Waals surface area contributed by atoms with E-state index in [0.29, 0.717) is 11.6 Å². The zero-order valence-corrected chi connectivity index (χ0v) is 15.3. The first-order valence-corrected chi connectivity index (χ1v) is 9.55. The van der Waals surface area contributed by atoms with Crippen LogP contribution >= 0.6 is 23.1 Å². The fraction of sp³-hybridized carbons (Fsp3) is 0.176. The summed E-state index contributed by atoms with van der Waals surface area (Å²) in [6, 6.07) is 10.1. The highest BCUT2D eigenvalue weighted by Gasteiger charge is 2.15. The molecule has 0 amide bonds. The molecule has 6 nitrogen and oxygen atoms in total. The second-order valence-corrected chi connectivity index (χ2v) is 7.41. The average Bonchev–Trinajstić information content (AvgIpc) is 3.34. The van der Waals surface area contributed by atoms with Gasteiger partial charge in [-0.15, -0.1) is 16.4 Å². The van der Waals surface area contributed by atoms with Crippen molar-refractivity contribution >= 4 is 23.1 Å². The predicted octanol–water partition coefficient (Wildman–Crippen LogP) is 4.29. The highest BCUT2D eigenvalue weighted by Crippen LogP contribution is 2.28. The van der Waals surface area contributed by atoms with Gasteiger partial charge in [0, 0.05) is 5.75 Å². The third-order valence-electron chi connectivity index (χ3n) is 3.73. The Kier molecular flexibility index (Phi) is 4.37. The SMILES string of the molecule is Cc1cccc(C)c1-n1nnnc1SCc1coc(-c2cccs2)n1. The molecule has 0 aliphatic carbocycles. The number of thioether (sulfide) groups is 1. The van der Waals surface area contributed by atoms with Gasteiger partial charge in [0.25, 0.3) is 0 Å². The molecular formula is C17H15N5OS2. The molecule has 0 fully saturated rings. The maximum Gasteiger partial charge on any atom is 0.236 e. The summed E-state index contributed by atoms with van der Waals surface area (Å²) in [5, 5.41) is 14.9. The first kappa shape index (κ1) is 16.0. The number of para-hydroxylation sites is 1. The number of aromatic nitrogens is 5. The number of oxazole rings is 1. The standard InChI is InChI=1S/C17H15N5OS2/c1-11-5-3-6-12(2)15(11)22-17(19-20-21-22)25-10-13-9-23-16(18-13)14-7-4-8-24-14/h3-9H,10H2,1-2H3. The van der Waals surface area contributed by atoms with E-state index in [1.165, 1.54) is 11.8 Å². The molecule has 0 saturated carbocycles. The zero-order valence-electron chi connectivity index (χ0n) is 13.7. The number of thiophene rings is 1. The molecule has 3 aromatic heterocycles. The zero-order chi connectivity index (χ0) is 17.2. The molecule has 8 heteroatoms. The number of aryl methyl sites for hydroxylation is 2. The van der Waals surface area contributed by atoms with Crippen LogP contribution in [-0.4, -0.2) is 25.2 Å². The molecule has 126 valence electrons. The van der Waals surface area contributed by atoms with E-state index in [1.54, 1.807) is 22.3 Å². The van der Waals surface area contributed by atoms with Gasteiger partial charge in [0.05, 0.1) is 16.3 Å². The summed E-state index contributed by atoms with van der Waals surface area (Å²) in [6.45, 7) is 4.12. The molecule has 0 atom stereocenters. The van der Waals surface area contributed by atoms with E-state index < -0.39 is 0 Å². The fourth-order valence-electron chi connectivity index (χ4n) is 2.57. The van der Waals surface area contributed by atoms with Gasteiger partial charge in [-0.2, -0.15) is 4.68 Å². The highest BCUT2D eigenvalue weighted by atomic mass is 32.2. The third kappa shape index (κ3) is 3.22. The quantitative estimate of drug-likeness (QED) is 0.489. The Morgan fingerprint density at radius 1 is 1.16 bits per heavy atom. The number of hydrogen-bond acceptors (Lipinski definition) is 7. The Labute approximate surface area is 152 Å². The maximum atomic E-state index is 5.56. The van der Waals surface area contributed by atoms with Crippen LogP contribution in [0.15, 0.2) is 51.5 Å². The number of benzene rings is 1. The molecular weight excluding hydrogens is 354 g/mol. The summed E-state index contributed by atoms with van der Waals surface area (Å²) in [5.74, 6) is 1.29. The van der Waals surface area contributed by atoms with E-state index in [0.717, 1.165) is 32.5 Å². The molecule has 4 rings (SSSR count). The van der Waals surface area contributed by atoms with Crippen molar-refractivity contribution in [1.82, 2.24) is 25.2 Å². The van der Waals surface area contributed by atoms with Crippen molar-refractivity contribution in [3.05, 3.63) is 58.8 Å². The van der Waals surface area contributed by atoms with Crippen molar-refractivity contribution in [3.8, 4) is 16.5 Å². The fourth-order valence-corrected chi connectivity index (χ4v) is 3.98. The normalized spacial score (nSPS) is 11.1. The van der Waals surface area contributed by atoms with Gasteiger partial charge in [-0.25, -0.2) is 4.98 Å². The Balaban J connectivity index is 1.54. The van der Waals surface area contributed by atoms with Crippen LogP contribution in [0.5, 0.6) is 0 Å². The van der Waals surface area contributed by atoms with Crippen LogP contribution in [0.25, 0.3) is 16.5 Å². The highest BCUT2D eigenvalue weighted by molar-refractivity contribution is 7.98. The molecule has 0 unspecified atom stereocenters. The second-order valence-electron chi connectivity index (χ2n) is 5.52. The van der Waals surface area contributed by atoms with Gasteiger partial charge in [0.1, 0.15) is 6.26 Å². The first-order chi connectivity index (χ1) is 12.2. The van der Waals surface area contributed by atoms with Gasteiger partial charge in [0.15, 0.2) is 0 Å². The second kappa shape index (κ2) is 6.81. The van der Waals surface area contributed by atoms with Crippen molar-refractivity contribution in [1.29, 1.82) is 0 Å². The van der Waals surface area contributed by atoms with E-state index in [1.807, 2.05) is 23.6 Å². The molecule has 0 radical (unpaired) electrons. The van der Waals surface area contributed by atoms with Gasteiger partial charge in [0.2, 0.25) is 11.0 Å². The van der Waals surface area contributed by atoms with E-state index in [9.17, 15) is 0 Å². The molecule has 0 N–H and O–H groups in total. The van der Waals surface area contributed by atoms with Gasteiger partial charge >= 0.3 is 0 Å². The van der Waals surface area contributed by atoms with Crippen LogP contribution in [0.3, 0.4) is 0 Å². The van der Waals surface area contributed by atoms with E-state index in [4.69, 9.17) is 4.42 Å². The summed E-state index contributed by atoms with van der Waals surface area (Å²) in [5.41, 5.74) is 4.16. The number of nitrogens with zero attached hydrogens (tertiary/aromatic N) is 5. The minimum absolute atomic E-state index is 0.639. The summed E-state index contributed by atoms with van der Waals surface area (Å²) in [7, 11) is 0. The van der Waals surface area contributed by atoms with Crippen LogP contribution in [0.4, 0.5) is 0 Å². The molecule has 0 saturated heterocycles. The van der Waals surface area contributed by atoms with Crippen molar-refractivity contribution in [2.75, 3.05) is 0 Å². The van der Waals surface area contributed by atoms with Crippen LogP contribution in [-0.2, 0) is 5.75 Å². The average molecular weight is 369 g/mol. The van der Waals surface area contributed by atoms with Gasteiger partial charge in [-0.3, -0.25) is 0 Å². The molecule has 4 aromatic rings. The number of rotatable bonds is 5. The molecule has 25 heavy (non-hydrogen) atoms. The van der Waals surface area contributed by atoms with Crippen molar-refractivity contribution in [3.63, 3.8) is 0 Å². The van der Waals surface area contributed by atoms with Crippen molar-refractivity contribution in [2.45, 2.75) is 24.8 Å². The molecule has 0 bridgehead atoms. The lowest BCUT2D eigenvalue weighted by Gasteiger charge is -2.10. The first-order valence-electron chi connectivity index (χ1n) is 7.68. The van der Waals surface area contributed by atoms with Crippen LogP contribution < -0.4 is 0 Å². The van der Waals surface area contributed by atoms with Gasteiger partial charge < -0.3 is 4.42 Å². The topological polar surface area (TPSA) is 69.6 Å². The Morgan fingerprint density at radius 3 is 2.76 bits per heavy atom. The van der Waals surface area contributed by atoms with Crippen molar-refractivity contribution < 1.29 is 4.42 Å². The number of tetrazole rings is 1. The molecule has 3 heterocycles. The summed E-state index contributed by atoms with van der Waals surface area (Å²) >= 11 is 3.15. The minimum Gasteiger partial charge on any atom is -0.444 e.